The van der Waals surface area contributed by atoms with E-state index >= 15 is 0 Å². The van der Waals surface area contributed by atoms with E-state index in [2.05, 4.69) is 43.5 Å². The van der Waals surface area contributed by atoms with Gasteiger partial charge in [-0.1, -0.05) is 36.7 Å². The Morgan fingerprint density at radius 3 is 2.55 bits per heavy atom. The van der Waals surface area contributed by atoms with Crippen molar-refractivity contribution in [1.29, 1.82) is 0 Å². The van der Waals surface area contributed by atoms with Crippen LogP contribution in [0.25, 0.3) is 11.5 Å². The van der Waals surface area contributed by atoms with Gasteiger partial charge in [-0.15, -0.1) is 0 Å². The third-order valence-corrected chi connectivity index (χ3v) is 4.12. The number of carboxylic acid groups (broad SMARTS) is 1. The average molecular weight is 450 g/mol. The average Bonchev–Trinajstić information content (AvgIpc) is 2.77. The van der Waals surface area contributed by atoms with Gasteiger partial charge in [0.1, 0.15) is 5.69 Å². The lowest BCUT2D eigenvalue weighted by Crippen LogP contribution is -2.16. The molecule has 1 N–H and O–H groups in total. The number of carbonyl (C=O) groups is 1. The summed E-state index contributed by atoms with van der Waals surface area (Å²) >= 11 is 5.57. The van der Waals surface area contributed by atoms with Crippen molar-refractivity contribution in [2.24, 2.45) is 0 Å². The molecular weight excluding hydrogens is 437 g/mol. The largest absolute Gasteiger partial charge is 0.475 e. The molecule has 0 spiro atoms. The van der Waals surface area contributed by atoms with Crippen molar-refractivity contribution in [3.8, 4) is 11.5 Å². The summed E-state index contributed by atoms with van der Waals surface area (Å²) < 4.78 is 7.33. The van der Waals surface area contributed by atoms with Crippen LogP contribution in [-0.4, -0.2) is 16.1 Å². The highest BCUT2D eigenvalue weighted by Crippen LogP contribution is 2.33. The Kier molecular flexibility index (Phi) is 4.24. The van der Waals surface area contributed by atoms with Gasteiger partial charge in [-0.3, -0.25) is 0 Å². The molecule has 0 aliphatic rings. The molecule has 6 heteroatoms. The highest BCUT2D eigenvalue weighted by molar-refractivity contribution is 14.1. The monoisotopic (exact) mass is 449 g/mol. The first-order chi connectivity index (χ1) is 9.20. The predicted octanol–water partition coefficient (Wildman–Crippen LogP) is 4.70. The number of hydrogen-bond donors (Lipinski definition) is 1. The van der Waals surface area contributed by atoms with Gasteiger partial charge in [0.15, 0.2) is 0 Å². The van der Waals surface area contributed by atoms with E-state index in [1.54, 1.807) is 0 Å². The van der Waals surface area contributed by atoms with Gasteiger partial charge in [-0.05, 0) is 40.8 Å². The van der Waals surface area contributed by atoms with Gasteiger partial charge in [0, 0.05) is 13.5 Å². The second kappa shape index (κ2) is 5.48. The van der Waals surface area contributed by atoms with Crippen molar-refractivity contribution in [1.82, 2.24) is 4.98 Å². The zero-order valence-corrected chi connectivity index (χ0v) is 14.9. The number of hydrogen-bond acceptors (Lipinski definition) is 3. The third kappa shape index (κ3) is 3.06. The van der Waals surface area contributed by atoms with Gasteiger partial charge >= 0.3 is 5.97 Å². The topological polar surface area (TPSA) is 63.3 Å². The zero-order valence-electron chi connectivity index (χ0n) is 11.2. The van der Waals surface area contributed by atoms with E-state index < -0.39 is 11.4 Å². The molecule has 1 heterocycles. The van der Waals surface area contributed by atoms with Crippen LogP contribution in [0.1, 0.15) is 37.0 Å². The minimum absolute atomic E-state index is 0.0942. The summed E-state index contributed by atoms with van der Waals surface area (Å²) in [4.78, 5) is 15.7. The van der Waals surface area contributed by atoms with Crippen molar-refractivity contribution in [3.05, 3.63) is 37.7 Å². The highest BCUT2D eigenvalue weighted by Gasteiger charge is 2.29. The van der Waals surface area contributed by atoms with Gasteiger partial charge in [0.25, 0.3) is 0 Å². The minimum atomic E-state index is -1.10. The summed E-state index contributed by atoms with van der Waals surface area (Å²) in [6.07, 6.45) is 0. The lowest BCUT2D eigenvalue weighted by atomic mass is 9.91. The number of rotatable bonds is 2. The summed E-state index contributed by atoms with van der Waals surface area (Å²) in [5, 5.41) is 9.27. The quantitative estimate of drug-likeness (QED) is 0.674. The second-order valence-corrected chi connectivity index (χ2v) is 7.45. The smallest absolute Gasteiger partial charge is 0.373 e. The van der Waals surface area contributed by atoms with Gasteiger partial charge in [0.2, 0.25) is 11.7 Å². The lowest BCUT2D eigenvalue weighted by Gasteiger charge is -2.14. The van der Waals surface area contributed by atoms with E-state index in [-0.39, 0.29) is 5.76 Å². The number of nitrogens with zero attached hydrogens (tertiary/aromatic N) is 1. The number of oxazole rings is 1. The molecule has 0 amide bonds. The van der Waals surface area contributed by atoms with Crippen molar-refractivity contribution in [3.63, 3.8) is 0 Å². The van der Waals surface area contributed by atoms with Crippen molar-refractivity contribution < 1.29 is 14.3 Å². The molecule has 2 aromatic rings. The molecule has 0 bridgehead atoms. The van der Waals surface area contributed by atoms with Crippen molar-refractivity contribution in [2.75, 3.05) is 0 Å². The normalized spacial score (nSPS) is 11.7. The first-order valence-corrected chi connectivity index (χ1v) is 7.77. The number of halogens is 2. The maximum absolute atomic E-state index is 11.3. The summed E-state index contributed by atoms with van der Waals surface area (Å²) in [5.41, 5.74) is 0.834. The van der Waals surface area contributed by atoms with Crippen LogP contribution >= 0.6 is 38.5 Å². The Labute approximate surface area is 138 Å². The Balaban J connectivity index is 2.65. The molecule has 0 unspecified atom stereocenters. The molecule has 2 rings (SSSR count). The van der Waals surface area contributed by atoms with Crippen molar-refractivity contribution >= 4 is 44.5 Å². The van der Waals surface area contributed by atoms with E-state index in [0.717, 1.165) is 13.6 Å². The van der Waals surface area contributed by atoms with E-state index in [1.807, 2.05) is 39.0 Å². The standard InChI is InChI=1S/C14H13BrINO3/c1-14(2,3)11-10(13(18)19)20-12(17-11)8-6-7(15)4-5-9(8)16/h4-6H,1-3H3,(H,18,19). The van der Waals surface area contributed by atoms with Gasteiger partial charge in [-0.25, -0.2) is 9.78 Å². The number of aromatic carboxylic acids is 1. The predicted molar refractivity (Wildman–Crippen MR) is 88.0 cm³/mol. The van der Waals surface area contributed by atoms with Crippen LogP contribution in [0.15, 0.2) is 27.1 Å². The van der Waals surface area contributed by atoms with E-state index in [4.69, 9.17) is 4.42 Å². The van der Waals surface area contributed by atoms with E-state index in [0.29, 0.717) is 11.6 Å². The first kappa shape index (κ1) is 15.5. The van der Waals surface area contributed by atoms with Crippen LogP contribution < -0.4 is 0 Å². The molecule has 20 heavy (non-hydrogen) atoms. The van der Waals surface area contributed by atoms with E-state index in [1.165, 1.54) is 0 Å². The third-order valence-electron chi connectivity index (χ3n) is 2.69. The number of benzene rings is 1. The summed E-state index contributed by atoms with van der Waals surface area (Å²) in [5.74, 6) is -0.861. The van der Waals surface area contributed by atoms with E-state index in [9.17, 15) is 9.90 Å². The molecular formula is C14H13BrINO3. The molecule has 0 aliphatic heterocycles. The Morgan fingerprint density at radius 1 is 1.40 bits per heavy atom. The van der Waals surface area contributed by atoms with Crippen LogP contribution in [-0.2, 0) is 5.41 Å². The summed E-state index contributed by atoms with van der Waals surface area (Å²) in [6.45, 7) is 5.73. The Bertz CT molecular complexity index is 674. The fraction of sp³-hybridized carbons (Fsp3) is 0.286. The number of carboxylic acids is 1. The van der Waals surface area contributed by atoms with Gasteiger partial charge in [0.05, 0.1) is 5.56 Å². The Morgan fingerprint density at radius 2 is 2.05 bits per heavy atom. The van der Waals surface area contributed by atoms with Crippen LogP contribution in [0, 0.1) is 3.57 Å². The minimum Gasteiger partial charge on any atom is -0.475 e. The molecule has 0 atom stereocenters. The molecule has 0 saturated carbocycles. The van der Waals surface area contributed by atoms with Gasteiger partial charge < -0.3 is 9.52 Å². The first-order valence-electron chi connectivity index (χ1n) is 5.90. The lowest BCUT2D eigenvalue weighted by molar-refractivity contribution is 0.0659. The van der Waals surface area contributed by atoms with Crippen molar-refractivity contribution in [2.45, 2.75) is 26.2 Å². The second-order valence-electron chi connectivity index (χ2n) is 5.38. The molecule has 0 saturated heterocycles. The molecule has 0 aliphatic carbocycles. The SMILES string of the molecule is CC(C)(C)c1nc(-c2cc(Br)ccc2I)oc1C(=O)O. The summed E-state index contributed by atoms with van der Waals surface area (Å²) in [6, 6.07) is 5.70. The number of aromatic nitrogens is 1. The molecule has 1 aromatic heterocycles. The zero-order chi connectivity index (χ0) is 15.1. The van der Waals surface area contributed by atoms with Crippen LogP contribution in [0.4, 0.5) is 0 Å². The van der Waals surface area contributed by atoms with Crippen LogP contribution in [0.3, 0.4) is 0 Å². The van der Waals surface area contributed by atoms with Crippen LogP contribution in [0.2, 0.25) is 0 Å². The summed E-state index contributed by atoms with van der Waals surface area (Å²) in [7, 11) is 0. The molecule has 0 radical (unpaired) electrons. The molecule has 4 nitrogen and oxygen atoms in total. The van der Waals surface area contributed by atoms with Gasteiger partial charge in [-0.2, -0.15) is 0 Å². The molecule has 1 aromatic carbocycles. The fourth-order valence-corrected chi connectivity index (χ4v) is 2.68. The van der Waals surface area contributed by atoms with Crippen LogP contribution in [0.5, 0.6) is 0 Å². The maximum atomic E-state index is 11.3. The molecule has 0 fully saturated rings. The fourth-order valence-electron chi connectivity index (χ4n) is 1.75. The molecule has 106 valence electrons. The Hall–Kier alpha value is -0.890. The maximum Gasteiger partial charge on any atom is 0.373 e. The highest BCUT2D eigenvalue weighted by atomic mass is 127.